The van der Waals surface area contributed by atoms with E-state index >= 15 is 0 Å². The zero-order valence-corrected chi connectivity index (χ0v) is 17.0. The second-order valence-electron chi connectivity index (χ2n) is 7.83. The van der Waals surface area contributed by atoms with Crippen LogP contribution < -0.4 is 10.2 Å². The van der Waals surface area contributed by atoms with Crippen molar-refractivity contribution < 1.29 is 4.79 Å². The maximum Gasteiger partial charge on any atom is 0.287 e. The minimum atomic E-state index is -0.231. The summed E-state index contributed by atoms with van der Waals surface area (Å²) in [6.45, 7) is 2.05. The Morgan fingerprint density at radius 1 is 1.28 bits per heavy atom. The van der Waals surface area contributed by atoms with Crippen LogP contribution in [0.15, 0.2) is 42.7 Å². The first-order valence-electron chi connectivity index (χ1n) is 9.91. The van der Waals surface area contributed by atoms with Gasteiger partial charge in [-0.2, -0.15) is 0 Å². The summed E-state index contributed by atoms with van der Waals surface area (Å²) >= 11 is 0. The van der Waals surface area contributed by atoms with E-state index < -0.39 is 0 Å². The van der Waals surface area contributed by atoms with Crippen molar-refractivity contribution in [3.05, 3.63) is 71.2 Å². The minimum Gasteiger partial charge on any atom is -0.363 e. The maximum absolute atomic E-state index is 12.7. The Hall–Kier alpha value is -3.22. The topological polar surface area (TPSA) is 86.8 Å². The van der Waals surface area contributed by atoms with Crippen LogP contribution in [-0.4, -0.2) is 39.9 Å². The van der Waals surface area contributed by atoms with Crippen LogP contribution in [0.1, 0.15) is 58.1 Å². The van der Waals surface area contributed by atoms with E-state index in [-0.39, 0.29) is 11.9 Å². The molecule has 7 heteroatoms. The number of carbonyl (C=O) groups is 1. The molecule has 0 spiro atoms. The largest absolute Gasteiger partial charge is 0.363 e. The highest BCUT2D eigenvalue weighted by molar-refractivity contribution is 5.90. The van der Waals surface area contributed by atoms with E-state index in [1.165, 1.54) is 0 Å². The molecule has 1 aliphatic carbocycles. The van der Waals surface area contributed by atoms with Crippen molar-refractivity contribution in [1.82, 2.24) is 25.3 Å². The molecule has 2 N–H and O–H groups in total. The van der Waals surface area contributed by atoms with Crippen LogP contribution in [0.25, 0.3) is 0 Å². The van der Waals surface area contributed by atoms with Crippen LogP contribution >= 0.6 is 0 Å². The molecule has 1 saturated carbocycles. The molecule has 1 aromatic carbocycles. The lowest BCUT2D eigenvalue weighted by atomic mass is 9.99. The average Bonchev–Trinajstić information content (AvgIpc) is 3.41. The Morgan fingerprint density at radius 3 is 2.76 bits per heavy atom. The van der Waals surface area contributed by atoms with Crippen LogP contribution in [0.5, 0.6) is 0 Å². The summed E-state index contributed by atoms with van der Waals surface area (Å²) in [6.07, 6.45) is 6.09. The summed E-state index contributed by atoms with van der Waals surface area (Å²) in [4.78, 5) is 31.1. The molecule has 2 aromatic heterocycles. The van der Waals surface area contributed by atoms with Crippen molar-refractivity contribution in [2.75, 3.05) is 19.0 Å². The number of anilines is 1. The lowest BCUT2D eigenvalue weighted by molar-refractivity contribution is 0.0926. The molecule has 7 nitrogen and oxygen atoms in total. The van der Waals surface area contributed by atoms with Crippen molar-refractivity contribution >= 4 is 11.7 Å². The number of hydrogen-bond acceptors (Lipinski definition) is 5. The van der Waals surface area contributed by atoms with Gasteiger partial charge in [-0.05, 0) is 25.3 Å². The third kappa shape index (κ3) is 4.62. The van der Waals surface area contributed by atoms with Gasteiger partial charge in [-0.15, -0.1) is 0 Å². The predicted octanol–water partition coefficient (Wildman–Crippen LogP) is 3.17. The Kier molecular flexibility index (Phi) is 5.29. The van der Waals surface area contributed by atoms with Crippen molar-refractivity contribution in [2.45, 2.75) is 38.1 Å². The molecule has 1 fully saturated rings. The number of benzene rings is 1. The van der Waals surface area contributed by atoms with E-state index in [1.807, 2.05) is 37.2 Å². The number of rotatable bonds is 7. The Bertz CT molecular complexity index is 974. The summed E-state index contributed by atoms with van der Waals surface area (Å²) in [5.41, 5.74) is 3.12. The van der Waals surface area contributed by atoms with E-state index in [0.717, 1.165) is 41.3 Å². The number of amides is 1. The first kappa shape index (κ1) is 19.1. The number of aromatic amines is 1. The minimum absolute atomic E-state index is 0.218. The number of imidazole rings is 1. The summed E-state index contributed by atoms with van der Waals surface area (Å²) in [7, 11) is 3.97. The van der Waals surface area contributed by atoms with Gasteiger partial charge >= 0.3 is 0 Å². The second kappa shape index (κ2) is 8.03. The summed E-state index contributed by atoms with van der Waals surface area (Å²) in [5, 5.41) is 3.12. The smallest absolute Gasteiger partial charge is 0.287 e. The zero-order chi connectivity index (χ0) is 20.4. The zero-order valence-electron chi connectivity index (χ0n) is 17.0. The Morgan fingerprint density at radius 2 is 2.10 bits per heavy atom. The molecule has 29 heavy (non-hydrogen) atoms. The van der Waals surface area contributed by atoms with Crippen molar-refractivity contribution in [1.29, 1.82) is 0 Å². The fraction of sp³-hybridized carbons (Fsp3) is 0.364. The van der Waals surface area contributed by atoms with Crippen molar-refractivity contribution in [3.8, 4) is 0 Å². The summed E-state index contributed by atoms with van der Waals surface area (Å²) in [6, 6.07) is 9.99. The number of aromatic nitrogens is 4. The molecular formula is C22H26N6O. The van der Waals surface area contributed by atoms with Crippen molar-refractivity contribution in [3.63, 3.8) is 0 Å². The van der Waals surface area contributed by atoms with Gasteiger partial charge in [0.05, 0.1) is 6.04 Å². The molecule has 0 saturated heterocycles. The quantitative estimate of drug-likeness (QED) is 0.647. The number of aryl methyl sites for hydroxylation is 1. The number of H-pyrrole nitrogens is 1. The van der Waals surface area contributed by atoms with E-state index in [0.29, 0.717) is 18.2 Å². The van der Waals surface area contributed by atoms with Crippen LogP contribution in [0.4, 0.5) is 5.82 Å². The van der Waals surface area contributed by atoms with Gasteiger partial charge in [0.2, 0.25) is 0 Å². The van der Waals surface area contributed by atoms with E-state index in [4.69, 9.17) is 9.97 Å². The third-order valence-corrected chi connectivity index (χ3v) is 5.06. The van der Waals surface area contributed by atoms with Gasteiger partial charge in [0.15, 0.2) is 5.82 Å². The highest BCUT2D eigenvalue weighted by Crippen LogP contribution is 2.38. The SMILES string of the molecule is Cc1cccc([C@@H](Cc2cc(N(C)C)nc(C3CC3)n2)NC(=O)c2ncc[nH]2)c1. The van der Waals surface area contributed by atoms with Crippen molar-refractivity contribution in [2.24, 2.45) is 0 Å². The van der Waals surface area contributed by atoms with Gasteiger partial charge in [0, 0.05) is 50.6 Å². The lowest BCUT2D eigenvalue weighted by Crippen LogP contribution is -2.31. The normalized spacial score (nSPS) is 14.4. The average molecular weight is 390 g/mol. The molecule has 3 aromatic rings. The van der Waals surface area contributed by atoms with Crippen LogP contribution in [0, 0.1) is 6.92 Å². The monoisotopic (exact) mass is 390 g/mol. The van der Waals surface area contributed by atoms with Gasteiger partial charge < -0.3 is 15.2 Å². The molecular weight excluding hydrogens is 364 g/mol. The van der Waals surface area contributed by atoms with Crippen LogP contribution in [0.2, 0.25) is 0 Å². The Labute approximate surface area is 170 Å². The van der Waals surface area contributed by atoms with Gasteiger partial charge in [0.1, 0.15) is 11.6 Å². The third-order valence-electron chi connectivity index (χ3n) is 5.06. The first-order chi connectivity index (χ1) is 14.0. The fourth-order valence-electron chi connectivity index (χ4n) is 3.33. The summed E-state index contributed by atoms with van der Waals surface area (Å²) < 4.78 is 0. The number of nitrogens with zero attached hydrogens (tertiary/aromatic N) is 4. The molecule has 150 valence electrons. The number of hydrogen-bond donors (Lipinski definition) is 2. The molecule has 0 aliphatic heterocycles. The molecule has 0 bridgehead atoms. The lowest BCUT2D eigenvalue weighted by Gasteiger charge is -2.20. The van der Waals surface area contributed by atoms with Gasteiger partial charge in [-0.1, -0.05) is 29.8 Å². The maximum atomic E-state index is 12.7. The van der Waals surface area contributed by atoms with E-state index in [2.05, 4.69) is 34.3 Å². The van der Waals surface area contributed by atoms with E-state index in [1.54, 1.807) is 12.4 Å². The molecule has 2 heterocycles. The molecule has 1 aliphatic rings. The predicted molar refractivity (Wildman–Crippen MR) is 112 cm³/mol. The number of carbonyl (C=O) groups excluding carboxylic acids is 1. The van der Waals surface area contributed by atoms with E-state index in [9.17, 15) is 4.79 Å². The Balaban J connectivity index is 1.65. The highest BCUT2D eigenvalue weighted by Gasteiger charge is 2.28. The summed E-state index contributed by atoms with van der Waals surface area (Å²) in [5.74, 6) is 2.34. The standard InChI is InChI=1S/C22H26N6O/c1-14-5-4-6-16(11-14)18(26-22(29)21-23-9-10-24-21)12-17-13-19(28(2)3)27-20(25-17)15-7-8-15/h4-6,9-11,13,15,18H,7-8,12H2,1-3H3,(H,23,24)(H,26,29)/t18-/m1/s1. The van der Waals surface area contributed by atoms with Crippen LogP contribution in [-0.2, 0) is 6.42 Å². The molecule has 0 unspecified atom stereocenters. The van der Waals surface area contributed by atoms with Crippen LogP contribution in [0.3, 0.4) is 0 Å². The fourth-order valence-corrected chi connectivity index (χ4v) is 3.33. The molecule has 1 atom stereocenters. The van der Waals surface area contributed by atoms with Gasteiger partial charge in [0.25, 0.3) is 5.91 Å². The molecule has 0 radical (unpaired) electrons. The second-order valence-corrected chi connectivity index (χ2v) is 7.83. The first-order valence-corrected chi connectivity index (χ1v) is 9.91. The number of nitrogens with one attached hydrogen (secondary N) is 2. The molecule has 4 rings (SSSR count). The highest BCUT2D eigenvalue weighted by atomic mass is 16.2. The van der Waals surface area contributed by atoms with Gasteiger partial charge in [-0.25, -0.2) is 15.0 Å². The molecule has 1 amide bonds. The van der Waals surface area contributed by atoms with Gasteiger partial charge in [-0.3, -0.25) is 4.79 Å².